The molecule has 6 N–H and O–H groups in total. The van der Waals surface area contributed by atoms with Crippen LogP contribution in [0.3, 0.4) is 0 Å². The fraction of sp³-hybridized carbons (Fsp3) is 0.784. The van der Waals surface area contributed by atoms with Gasteiger partial charge < -0.3 is 45.1 Å². The van der Waals surface area contributed by atoms with Crippen LogP contribution in [-0.4, -0.2) is 99.6 Å². The number of unbranched alkanes of at least 4 members (excludes halogenated alkanes) is 39. The van der Waals surface area contributed by atoms with Crippen LogP contribution in [0.2, 0.25) is 0 Å². The van der Waals surface area contributed by atoms with Crippen molar-refractivity contribution in [1.82, 2.24) is 5.32 Å². The van der Waals surface area contributed by atoms with Crippen molar-refractivity contribution in [2.24, 2.45) is 0 Å². The molecule has 8 atom stereocenters. The second-order valence-corrected chi connectivity index (χ2v) is 24.4. The molecule has 1 amide bonds. The quantitative estimate of drug-likeness (QED) is 0.0149. The molecule has 0 radical (unpaired) electrons. The summed E-state index contributed by atoms with van der Waals surface area (Å²) in [4.78, 5) is 26.6. The first kappa shape index (κ1) is 79.9. The maximum absolute atomic E-state index is 13.5. The molecule has 11 heteroatoms. The lowest BCUT2D eigenvalue weighted by molar-refractivity contribution is -0.305. The molecule has 0 aliphatic carbocycles. The van der Waals surface area contributed by atoms with Gasteiger partial charge in [0.1, 0.15) is 24.4 Å². The summed E-state index contributed by atoms with van der Waals surface area (Å²) >= 11 is 0. The summed E-state index contributed by atoms with van der Waals surface area (Å²) in [6.45, 7) is 5.66. The van der Waals surface area contributed by atoms with Crippen molar-refractivity contribution in [1.29, 1.82) is 0 Å². The van der Waals surface area contributed by atoms with E-state index in [9.17, 15) is 35.1 Å². The highest BCUT2D eigenvalue weighted by atomic mass is 16.7. The Hall–Kier alpha value is -3.16. The Morgan fingerprint density at radius 2 is 0.847 bits per heavy atom. The summed E-state index contributed by atoms with van der Waals surface area (Å²) in [7, 11) is 0. The van der Waals surface area contributed by atoms with Crippen LogP contribution in [0.5, 0.6) is 0 Å². The van der Waals surface area contributed by atoms with Gasteiger partial charge in [-0.15, -0.1) is 0 Å². The van der Waals surface area contributed by atoms with E-state index in [4.69, 9.17) is 14.2 Å². The summed E-state index contributed by atoms with van der Waals surface area (Å²) in [6.07, 6.45) is 70.6. The minimum atomic E-state index is -1.64. The van der Waals surface area contributed by atoms with Crippen molar-refractivity contribution in [3.63, 3.8) is 0 Å². The molecule has 0 aromatic carbocycles. The summed E-state index contributed by atoms with van der Waals surface area (Å²) in [5.74, 6) is -1.23. The van der Waals surface area contributed by atoms with Crippen molar-refractivity contribution in [2.45, 2.75) is 359 Å². The summed E-state index contributed by atoms with van der Waals surface area (Å²) in [5.41, 5.74) is 0. The molecule has 85 heavy (non-hydrogen) atoms. The first-order chi connectivity index (χ1) is 41.7. The molecule has 1 rings (SSSR count). The third-order valence-corrected chi connectivity index (χ3v) is 16.5. The molecule has 0 aromatic rings. The number of carbonyl (C=O) groups is 2. The van der Waals surface area contributed by atoms with E-state index in [1.165, 1.54) is 199 Å². The predicted octanol–water partition coefficient (Wildman–Crippen LogP) is 18.1. The third-order valence-electron chi connectivity index (χ3n) is 16.5. The Labute approximate surface area is 521 Å². The van der Waals surface area contributed by atoms with Gasteiger partial charge in [-0.25, -0.2) is 0 Å². The Morgan fingerprint density at radius 1 is 0.471 bits per heavy atom. The number of aliphatic hydroxyl groups excluding tert-OH is 5. The highest BCUT2D eigenvalue weighted by molar-refractivity contribution is 5.80. The molecule has 1 aliphatic rings. The molecule has 1 heterocycles. The maximum atomic E-state index is 13.5. The van der Waals surface area contributed by atoms with Crippen molar-refractivity contribution in [3.8, 4) is 0 Å². The second kappa shape index (κ2) is 61.1. The van der Waals surface area contributed by atoms with Gasteiger partial charge in [-0.1, -0.05) is 343 Å². The SMILES string of the molecule is CC\C=C/C=C/C=C/C=C\C=C\C=C\CCCCCC(=O)OC1C(OCC(NC(=O)C(O)CCCCCCCCCCCCCCCCCCCCCCCCCCCC)C(O)/C=C/CCCCCCCCCCCCC)OC(CO)C(O)C1O. The molecule has 0 aromatic heterocycles. The zero-order valence-electron chi connectivity index (χ0n) is 54.7. The monoisotopic (exact) mass is 1190 g/mol. The first-order valence-corrected chi connectivity index (χ1v) is 35.4. The molecule has 1 fully saturated rings. The molecule has 0 bridgehead atoms. The highest BCUT2D eigenvalue weighted by Crippen LogP contribution is 2.26. The Balaban J connectivity index is 2.59. The van der Waals surface area contributed by atoms with Gasteiger partial charge in [-0.3, -0.25) is 9.59 Å². The second-order valence-electron chi connectivity index (χ2n) is 24.4. The summed E-state index contributed by atoms with van der Waals surface area (Å²) < 4.78 is 17.6. The van der Waals surface area contributed by atoms with Crippen molar-refractivity contribution < 1.29 is 49.3 Å². The van der Waals surface area contributed by atoms with E-state index < -0.39 is 67.4 Å². The number of aliphatic hydroxyl groups is 5. The fourth-order valence-corrected chi connectivity index (χ4v) is 10.9. The molecule has 492 valence electrons. The third kappa shape index (κ3) is 48.4. The number of ether oxygens (including phenoxy) is 3. The Kier molecular flexibility index (Phi) is 57.4. The van der Waals surface area contributed by atoms with Crippen molar-refractivity contribution >= 4 is 11.9 Å². The normalized spacial score (nSPS) is 18.9. The number of carbonyl (C=O) groups excluding carboxylic acids is 2. The smallest absolute Gasteiger partial charge is 0.306 e. The van der Waals surface area contributed by atoms with E-state index in [0.717, 1.165) is 64.2 Å². The summed E-state index contributed by atoms with van der Waals surface area (Å²) in [5, 5.41) is 57.2. The first-order valence-electron chi connectivity index (χ1n) is 35.4. The molecular formula is C74H131NO10. The number of amides is 1. The largest absolute Gasteiger partial charge is 0.454 e. The Bertz CT molecular complexity index is 1710. The van der Waals surface area contributed by atoms with Crippen LogP contribution in [0.1, 0.15) is 310 Å². The van der Waals surface area contributed by atoms with Crippen LogP contribution >= 0.6 is 0 Å². The Morgan fingerprint density at radius 3 is 1.27 bits per heavy atom. The van der Waals surface area contributed by atoms with Gasteiger partial charge >= 0.3 is 5.97 Å². The van der Waals surface area contributed by atoms with Crippen LogP contribution in [0, 0.1) is 0 Å². The molecule has 0 saturated carbocycles. The van der Waals surface area contributed by atoms with E-state index >= 15 is 0 Å². The van der Waals surface area contributed by atoms with Crippen molar-refractivity contribution in [3.05, 3.63) is 85.1 Å². The molecular weight excluding hydrogens is 1060 g/mol. The lowest BCUT2D eigenvalue weighted by Gasteiger charge is -2.41. The number of nitrogens with one attached hydrogen (secondary N) is 1. The lowest BCUT2D eigenvalue weighted by Crippen LogP contribution is -2.61. The minimum absolute atomic E-state index is 0.0698. The topological polar surface area (TPSA) is 175 Å². The predicted molar refractivity (Wildman–Crippen MR) is 356 cm³/mol. The van der Waals surface area contributed by atoms with E-state index in [-0.39, 0.29) is 19.4 Å². The zero-order chi connectivity index (χ0) is 61.7. The van der Waals surface area contributed by atoms with Crippen molar-refractivity contribution in [2.75, 3.05) is 13.2 Å². The molecule has 11 nitrogen and oxygen atoms in total. The molecule has 8 unspecified atom stereocenters. The van der Waals surface area contributed by atoms with Crippen LogP contribution in [-0.2, 0) is 23.8 Å². The number of hydrogen-bond donors (Lipinski definition) is 6. The highest BCUT2D eigenvalue weighted by Gasteiger charge is 2.47. The van der Waals surface area contributed by atoms with Crippen LogP contribution < -0.4 is 5.32 Å². The van der Waals surface area contributed by atoms with Gasteiger partial charge in [-0.05, 0) is 44.9 Å². The van der Waals surface area contributed by atoms with E-state index in [1.807, 2.05) is 66.8 Å². The number of esters is 1. The van der Waals surface area contributed by atoms with Gasteiger partial charge in [0, 0.05) is 6.42 Å². The standard InChI is InChI=1S/C74H131NO10/c1-4-7-10-13-16-19-22-25-27-29-30-31-32-33-34-35-36-37-39-40-43-46-49-52-55-58-61-67(78)73(82)75-65(66(77)60-57-54-51-48-45-42-24-21-18-15-12-9-6-3)64-83-74-72(71(81)70(80)68(63-76)84-74)85-69(79)62-59-56-53-50-47-44-41-38-28-26-23-20-17-14-11-8-5-2/h8,11,14,17,20,23,26,28,38,41,44,47,57,60,65-68,70-72,74,76-78,80-81H,4-7,9-10,12-13,15-16,18-19,21-22,24-25,27,29-37,39-40,42-43,45-46,48-56,58-59,61-64H2,1-3H3,(H,75,82)/b11-8-,17-14+,23-20+,28-26-,41-38+,47-44+,60-57+. The fourth-order valence-electron chi connectivity index (χ4n) is 10.9. The maximum Gasteiger partial charge on any atom is 0.306 e. The van der Waals surface area contributed by atoms with Gasteiger partial charge in [-0.2, -0.15) is 0 Å². The van der Waals surface area contributed by atoms with E-state index in [1.54, 1.807) is 6.08 Å². The van der Waals surface area contributed by atoms with Gasteiger partial charge in [0.05, 0.1) is 25.4 Å². The van der Waals surface area contributed by atoms with Crippen LogP contribution in [0.25, 0.3) is 0 Å². The lowest BCUT2D eigenvalue weighted by atomic mass is 9.99. The van der Waals surface area contributed by atoms with Gasteiger partial charge in [0.15, 0.2) is 12.4 Å². The van der Waals surface area contributed by atoms with Gasteiger partial charge in [0.25, 0.3) is 0 Å². The number of hydrogen-bond acceptors (Lipinski definition) is 10. The molecule has 0 spiro atoms. The average molecular weight is 1190 g/mol. The molecule has 1 saturated heterocycles. The number of allylic oxidation sites excluding steroid dienone is 13. The van der Waals surface area contributed by atoms with Crippen LogP contribution in [0.4, 0.5) is 0 Å². The van der Waals surface area contributed by atoms with Crippen LogP contribution in [0.15, 0.2) is 85.1 Å². The molecule has 1 aliphatic heterocycles. The van der Waals surface area contributed by atoms with E-state index in [0.29, 0.717) is 12.8 Å². The van der Waals surface area contributed by atoms with Gasteiger partial charge in [0.2, 0.25) is 5.91 Å². The van der Waals surface area contributed by atoms with E-state index in [2.05, 4.69) is 38.2 Å². The minimum Gasteiger partial charge on any atom is -0.454 e. The average Bonchev–Trinajstić information content (AvgIpc) is 3.16. The summed E-state index contributed by atoms with van der Waals surface area (Å²) in [6, 6.07) is -1.04. The zero-order valence-corrected chi connectivity index (χ0v) is 54.7. The number of rotatable bonds is 60.